The molecule has 8 nitrogen and oxygen atoms in total. The molecule has 0 amide bonds. The van der Waals surface area contributed by atoms with Gasteiger partial charge in [-0.15, -0.1) is 0 Å². The Morgan fingerprint density at radius 1 is 0.421 bits per heavy atom. The van der Waals surface area contributed by atoms with Crippen molar-refractivity contribution < 1.29 is 39.0 Å². The molecule has 10 heteroatoms. The van der Waals surface area contributed by atoms with Crippen molar-refractivity contribution in [3.8, 4) is 34.1 Å². The third-order valence-corrected chi connectivity index (χ3v) is 4.74. The Kier molecular flexibility index (Phi) is 9.21. The third kappa shape index (κ3) is 9.42. The molecule has 0 unspecified atom stereocenters. The van der Waals surface area contributed by atoms with Crippen molar-refractivity contribution in [1.82, 2.24) is 0 Å². The highest BCUT2D eigenvalue weighted by Crippen LogP contribution is 2.43. The maximum absolute atomic E-state index is 10.2. The normalized spacial score (nSPS) is 12.7. The van der Waals surface area contributed by atoms with Crippen LogP contribution in [0.1, 0.15) is 83.1 Å². The molecule has 2 aromatic rings. The van der Waals surface area contributed by atoms with E-state index in [2.05, 4.69) is 0 Å². The molecule has 0 atom stereocenters. The van der Waals surface area contributed by atoms with Gasteiger partial charge in [0.15, 0.2) is 0 Å². The van der Waals surface area contributed by atoms with Gasteiger partial charge in [0.1, 0.15) is 45.4 Å². The monoisotopic (exact) mass is 530 g/mol. The SMILES string of the molecule is CC(C)(C)Oc1cc(-c2cc(OC(C)(C)C)c(B(O)O)cc2OC(C)(C)C)c(OC(C)(C)C)cc1B(O)O. The predicted molar refractivity (Wildman–Crippen MR) is 153 cm³/mol. The van der Waals surface area contributed by atoms with Crippen LogP contribution in [0.5, 0.6) is 23.0 Å². The summed E-state index contributed by atoms with van der Waals surface area (Å²) in [5.74, 6) is 1.24. The zero-order valence-electron chi connectivity index (χ0n) is 24.9. The molecule has 0 saturated carbocycles. The molecule has 38 heavy (non-hydrogen) atoms. The van der Waals surface area contributed by atoms with Gasteiger partial charge in [0.2, 0.25) is 0 Å². The highest BCUT2D eigenvalue weighted by molar-refractivity contribution is 6.60. The number of hydrogen-bond acceptors (Lipinski definition) is 8. The fraction of sp³-hybridized carbons (Fsp3) is 0.571. The van der Waals surface area contributed by atoms with Gasteiger partial charge in [-0.25, -0.2) is 0 Å². The Balaban J connectivity index is 3.04. The molecule has 2 aromatic carbocycles. The smallest absolute Gasteiger partial charge is 0.488 e. The average Bonchev–Trinajstić information content (AvgIpc) is 2.64. The van der Waals surface area contributed by atoms with E-state index in [-0.39, 0.29) is 22.4 Å². The van der Waals surface area contributed by atoms with E-state index in [0.717, 1.165) is 0 Å². The summed E-state index contributed by atoms with van der Waals surface area (Å²) in [5.41, 5.74) is -1.15. The van der Waals surface area contributed by atoms with Crippen LogP contribution >= 0.6 is 0 Å². The quantitative estimate of drug-likeness (QED) is 0.403. The van der Waals surface area contributed by atoms with E-state index in [4.69, 9.17) is 18.9 Å². The van der Waals surface area contributed by atoms with Gasteiger partial charge in [0.05, 0.1) is 0 Å². The van der Waals surface area contributed by atoms with E-state index < -0.39 is 36.6 Å². The minimum absolute atomic E-state index is 0.148. The summed E-state index contributed by atoms with van der Waals surface area (Å²) in [5, 5.41) is 40.7. The zero-order valence-corrected chi connectivity index (χ0v) is 24.9. The first-order valence-corrected chi connectivity index (χ1v) is 12.8. The molecule has 0 heterocycles. The Morgan fingerprint density at radius 3 is 0.868 bits per heavy atom. The van der Waals surface area contributed by atoms with E-state index in [9.17, 15) is 20.1 Å². The highest BCUT2D eigenvalue weighted by Gasteiger charge is 2.31. The molecule has 4 N–H and O–H groups in total. The van der Waals surface area contributed by atoms with E-state index in [0.29, 0.717) is 22.6 Å². The molecule has 0 aliphatic rings. The predicted octanol–water partition coefficient (Wildman–Crippen LogP) is 3.42. The van der Waals surface area contributed by atoms with Crippen LogP contribution in [0, 0.1) is 0 Å². The lowest BCUT2D eigenvalue weighted by Crippen LogP contribution is -2.36. The molecular weight excluding hydrogens is 486 g/mol. The van der Waals surface area contributed by atoms with E-state index in [1.54, 1.807) is 24.3 Å². The Morgan fingerprint density at radius 2 is 0.658 bits per heavy atom. The second kappa shape index (κ2) is 11.0. The van der Waals surface area contributed by atoms with Crippen LogP contribution in [-0.2, 0) is 0 Å². The summed E-state index contributed by atoms with van der Waals surface area (Å²) < 4.78 is 24.8. The Bertz CT molecular complexity index is 1030. The van der Waals surface area contributed by atoms with Crippen LogP contribution in [-0.4, -0.2) is 56.7 Å². The molecular formula is C28H44B2O8. The summed E-state index contributed by atoms with van der Waals surface area (Å²) in [6, 6.07) is 6.46. The van der Waals surface area contributed by atoms with Crippen molar-refractivity contribution in [3.63, 3.8) is 0 Å². The number of hydrogen-bond donors (Lipinski definition) is 4. The molecule has 0 aromatic heterocycles. The summed E-state index contributed by atoms with van der Waals surface area (Å²) in [4.78, 5) is 0. The first-order valence-electron chi connectivity index (χ1n) is 12.8. The van der Waals surface area contributed by atoms with Gasteiger partial charge in [-0.2, -0.15) is 0 Å². The van der Waals surface area contributed by atoms with Crippen LogP contribution in [0.25, 0.3) is 11.1 Å². The minimum atomic E-state index is -1.80. The van der Waals surface area contributed by atoms with Gasteiger partial charge in [-0.05, 0) is 107 Å². The topological polar surface area (TPSA) is 118 Å². The van der Waals surface area contributed by atoms with Crippen LogP contribution in [0.15, 0.2) is 24.3 Å². The fourth-order valence-electron chi connectivity index (χ4n) is 3.64. The van der Waals surface area contributed by atoms with Crippen molar-refractivity contribution in [2.75, 3.05) is 0 Å². The number of ether oxygens (including phenoxy) is 4. The van der Waals surface area contributed by atoms with Gasteiger partial charge in [-0.3, -0.25) is 0 Å². The lowest BCUT2D eigenvalue weighted by Gasteiger charge is -2.30. The number of rotatable bonds is 7. The number of benzene rings is 2. The summed E-state index contributed by atoms with van der Waals surface area (Å²) in [6.45, 7) is 22.5. The molecule has 210 valence electrons. The van der Waals surface area contributed by atoms with Crippen molar-refractivity contribution in [2.45, 2.75) is 105 Å². The van der Waals surface area contributed by atoms with Gasteiger partial charge in [-0.1, -0.05) is 0 Å². The lowest BCUT2D eigenvalue weighted by atomic mass is 9.76. The summed E-state index contributed by atoms with van der Waals surface area (Å²) in [6.07, 6.45) is 0. The molecule has 2 rings (SSSR count). The first kappa shape index (κ1) is 31.8. The second-order valence-electron chi connectivity index (χ2n) is 13.4. The van der Waals surface area contributed by atoms with Gasteiger partial charge in [0.25, 0.3) is 0 Å². The third-order valence-electron chi connectivity index (χ3n) is 4.74. The molecule has 0 radical (unpaired) electrons. The van der Waals surface area contributed by atoms with Crippen LogP contribution < -0.4 is 29.9 Å². The van der Waals surface area contributed by atoms with E-state index >= 15 is 0 Å². The maximum Gasteiger partial charge on any atom is 0.492 e. The Labute approximate surface area is 228 Å². The standard InChI is InChI=1S/C28H44B2O8/c1-25(2,3)35-21-15-19(29(31)32)23(37-27(7,8)9)13-17(21)18-14-24(38-28(10,11)12)20(30(33)34)16-22(18)36-26(4,5)6/h13-16,31-34H,1-12H3. The second-order valence-corrected chi connectivity index (χ2v) is 13.4. The van der Waals surface area contributed by atoms with E-state index in [1.807, 2.05) is 83.1 Å². The molecule has 0 saturated heterocycles. The average molecular weight is 530 g/mol. The molecule has 0 spiro atoms. The zero-order chi connectivity index (χ0) is 29.4. The lowest BCUT2D eigenvalue weighted by molar-refractivity contribution is 0.124. The summed E-state index contributed by atoms with van der Waals surface area (Å²) in [7, 11) is -3.61. The fourth-order valence-corrected chi connectivity index (χ4v) is 3.64. The molecule has 0 aliphatic heterocycles. The van der Waals surface area contributed by atoms with Crippen molar-refractivity contribution in [1.29, 1.82) is 0 Å². The molecule has 0 aliphatic carbocycles. The van der Waals surface area contributed by atoms with Gasteiger partial charge >= 0.3 is 14.2 Å². The van der Waals surface area contributed by atoms with Crippen molar-refractivity contribution in [3.05, 3.63) is 24.3 Å². The van der Waals surface area contributed by atoms with E-state index in [1.165, 1.54) is 0 Å². The molecule has 0 fully saturated rings. The molecule has 0 bridgehead atoms. The highest BCUT2D eigenvalue weighted by atomic mass is 16.5. The van der Waals surface area contributed by atoms with Crippen LogP contribution in [0.3, 0.4) is 0 Å². The van der Waals surface area contributed by atoms with Crippen LogP contribution in [0.2, 0.25) is 0 Å². The largest absolute Gasteiger partial charge is 0.492 e. The van der Waals surface area contributed by atoms with Crippen molar-refractivity contribution in [2.24, 2.45) is 0 Å². The first-order chi connectivity index (χ1) is 17.0. The Hall–Kier alpha value is -2.39. The van der Waals surface area contributed by atoms with Crippen LogP contribution in [0.4, 0.5) is 0 Å². The minimum Gasteiger partial charge on any atom is -0.488 e. The maximum atomic E-state index is 10.2. The van der Waals surface area contributed by atoms with Crippen molar-refractivity contribution >= 4 is 25.2 Å². The van der Waals surface area contributed by atoms with Gasteiger partial charge in [0, 0.05) is 22.1 Å². The van der Waals surface area contributed by atoms with Gasteiger partial charge < -0.3 is 39.0 Å². The summed E-state index contributed by atoms with van der Waals surface area (Å²) >= 11 is 0.